The number of halogens is 5. The van der Waals surface area contributed by atoms with Crippen LogP contribution in [0.4, 0.5) is 23.4 Å². The molecule has 0 unspecified atom stereocenters. The third-order valence-electron chi connectivity index (χ3n) is 8.67. The van der Waals surface area contributed by atoms with E-state index in [-0.39, 0.29) is 30.9 Å². The molecule has 0 amide bonds. The van der Waals surface area contributed by atoms with Gasteiger partial charge in [0, 0.05) is 42.7 Å². The highest BCUT2D eigenvalue weighted by Gasteiger charge is 2.36. The predicted octanol–water partition coefficient (Wildman–Crippen LogP) is 7.00. The second kappa shape index (κ2) is 16.8. The van der Waals surface area contributed by atoms with Gasteiger partial charge in [0.2, 0.25) is 0 Å². The van der Waals surface area contributed by atoms with Crippen molar-refractivity contribution in [1.82, 2.24) is 34.5 Å². The molecule has 8 rings (SSSR count). The van der Waals surface area contributed by atoms with E-state index in [9.17, 15) is 22.8 Å². The van der Waals surface area contributed by atoms with Gasteiger partial charge in [0.15, 0.2) is 11.3 Å². The molecule has 2 aromatic carbocycles. The molecule has 2 fully saturated rings. The summed E-state index contributed by atoms with van der Waals surface area (Å²) in [5, 5.41) is 47.1. The third kappa shape index (κ3) is 8.22. The largest absolute Gasteiger partial charge is 0.348 e. The monoisotopic (exact) mass is 752 g/mol. The Balaban J connectivity index is 0.000000170. The van der Waals surface area contributed by atoms with Crippen molar-refractivity contribution < 1.29 is 17.6 Å². The second-order valence-electron chi connectivity index (χ2n) is 12.0. The van der Waals surface area contributed by atoms with Gasteiger partial charge < -0.3 is 10.2 Å². The van der Waals surface area contributed by atoms with Crippen molar-refractivity contribution >= 4 is 28.7 Å². The fourth-order valence-corrected chi connectivity index (χ4v) is 6.26. The Morgan fingerprint density at radius 3 is 1.89 bits per heavy atom. The zero-order valence-corrected chi connectivity index (χ0v) is 28.1. The first kappa shape index (κ1) is 38.6. The predicted molar refractivity (Wildman–Crippen MR) is 188 cm³/mol. The standard InChI is InChI=1S/C18H12F2N6.C11H10F2N2.C7H3ClN4.CH4/c19-13-1-2-15(20)14(6-13)16-5-11(7-21)10-25(16)17-3-4-26-18(24-17)12(8-22)9-23-26;12-8-1-2-10(13)9(4-8)11-3-7(5-14)6-15-11;8-6-1-2-12-7(11-6)5(3-9)4-10-12;/h1-4,6,9,11,16H,5,10H2;1-2,4,7,11,15H,3,6H2;1-2,4H;1H4/t11-,16-;7-,11-;;/m11../s1. The third-order valence-corrected chi connectivity index (χ3v) is 8.88. The zero-order valence-electron chi connectivity index (χ0n) is 27.4. The summed E-state index contributed by atoms with van der Waals surface area (Å²) in [4.78, 5) is 10.2. The van der Waals surface area contributed by atoms with Crippen LogP contribution in [-0.2, 0) is 0 Å². The quantitative estimate of drug-likeness (QED) is 0.147. The minimum absolute atomic E-state index is 0. The molecule has 12 nitrogen and oxygen atoms in total. The Morgan fingerprint density at radius 2 is 1.30 bits per heavy atom. The first-order chi connectivity index (χ1) is 25.6. The van der Waals surface area contributed by atoms with Gasteiger partial charge in [-0.15, -0.1) is 0 Å². The molecule has 1 N–H and O–H groups in total. The van der Waals surface area contributed by atoms with Crippen LogP contribution < -0.4 is 10.2 Å². The van der Waals surface area contributed by atoms with Crippen LogP contribution in [0, 0.1) is 80.4 Å². The fraction of sp³-hybridized carbons (Fsp3) is 0.243. The average Bonchev–Trinajstić information content (AvgIpc) is 3.99. The number of anilines is 1. The molecule has 2 aliphatic rings. The summed E-state index contributed by atoms with van der Waals surface area (Å²) in [6.07, 6.45) is 7.09. The summed E-state index contributed by atoms with van der Waals surface area (Å²) in [5.74, 6) is -1.89. The number of nitrogens with one attached hydrogen (secondary N) is 1. The molecule has 2 aliphatic heterocycles. The number of hydrogen-bond acceptors (Lipinski definition) is 10. The van der Waals surface area contributed by atoms with Gasteiger partial charge in [0.25, 0.3) is 0 Å². The van der Waals surface area contributed by atoms with Gasteiger partial charge in [-0.05, 0) is 61.4 Å². The van der Waals surface area contributed by atoms with Crippen LogP contribution in [0.5, 0.6) is 0 Å². The number of aromatic nitrogens is 6. The number of fused-ring (bicyclic) bond motifs is 2. The van der Waals surface area contributed by atoms with E-state index in [1.54, 1.807) is 29.4 Å². The maximum Gasteiger partial charge on any atom is 0.175 e. The Hall–Kier alpha value is -6.59. The molecule has 0 bridgehead atoms. The molecule has 4 aromatic heterocycles. The molecule has 0 radical (unpaired) electrons. The van der Waals surface area contributed by atoms with E-state index < -0.39 is 29.3 Å². The van der Waals surface area contributed by atoms with Crippen molar-refractivity contribution in [1.29, 1.82) is 21.0 Å². The van der Waals surface area contributed by atoms with E-state index >= 15 is 0 Å². The van der Waals surface area contributed by atoms with Crippen molar-refractivity contribution in [2.75, 3.05) is 18.0 Å². The normalized spacial score (nSPS) is 18.6. The Morgan fingerprint density at radius 1 is 0.722 bits per heavy atom. The summed E-state index contributed by atoms with van der Waals surface area (Å²) < 4.78 is 57.2. The summed E-state index contributed by atoms with van der Waals surface area (Å²) in [6.45, 7) is 0.882. The van der Waals surface area contributed by atoms with Gasteiger partial charge >= 0.3 is 0 Å². The van der Waals surface area contributed by atoms with E-state index in [0.29, 0.717) is 64.9 Å². The maximum absolute atomic E-state index is 14.3. The van der Waals surface area contributed by atoms with E-state index in [4.69, 9.17) is 27.4 Å². The van der Waals surface area contributed by atoms with Crippen molar-refractivity contribution in [3.05, 3.63) is 124 Å². The topological polar surface area (TPSA) is 171 Å². The van der Waals surface area contributed by atoms with Gasteiger partial charge in [0.1, 0.15) is 57.5 Å². The second-order valence-corrected chi connectivity index (χ2v) is 12.4. The summed E-state index contributed by atoms with van der Waals surface area (Å²) >= 11 is 5.64. The van der Waals surface area contributed by atoms with Crippen LogP contribution in [0.2, 0.25) is 5.15 Å². The molecule has 54 heavy (non-hydrogen) atoms. The van der Waals surface area contributed by atoms with Crippen molar-refractivity contribution in [3.8, 4) is 24.3 Å². The molecule has 2 saturated heterocycles. The van der Waals surface area contributed by atoms with Crippen molar-refractivity contribution in [2.24, 2.45) is 11.8 Å². The lowest BCUT2D eigenvalue weighted by molar-refractivity contribution is 0.541. The molecular weight excluding hydrogens is 724 g/mol. The Kier molecular flexibility index (Phi) is 12.0. The first-order valence-electron chi connectivity index (χ1n) is 16.0. The highest BCUT2D eigenvalue weighted by atomic mass is 35.5. The molecule has 272 valence electrons. The molecule has 0 spiro atoms. The van der Waals surface area contributed by atoms with Crippen LogP contribution in [0.3, 0.4) is 0 Å². The van der Waals surface area contributed by atoms with Gasteiger partial charge in [-0.25, -0.2) is 36.6 Å². The number of nitrogens with zero attached hydrogens (tertiary/aromatic N) is 11. The molecular formula is C37H29ClF4N12. The van der Waals surface area contributed by atoms with Crippen LogP contribution in [0.25, 0.3) is 11.3 Å². The summed E-state index contributed by atoms with van der Waals surface area (Å²) in [7, 11) is 0. The van der Waals surface area contributed by atoms with Crippen molar-refractivity contribution in [2.45, 2.75) is 32.4 Å². The molecule has 6 heterocycles. The highest BCUT2D eigenvalue weighted by molar-refractivity contribution is 6.29. The number of rotatable bonds is 3. The zero-order chi connectivity index (χ0) is 37.6. The SMILES string of the molecule is C.N#C[C@@H]1CN[C@@H](c2cc(F)ccc2F)C1.N#Cc1cnn2ccc(Cl)nc12.N#Cc1cnn2ccc(N3C[C@@H](C#N)C[C@@H]3c3cc(F)ccc3F)nc12. The molecule has 17 heteroatoms. The van der Waals surface area contributed by atoms with Crippen LogP contribution in [0.15, 0.2) is 73.3 Å². The van der Waals surface area contributed by atoms with Crippen LogP contribution in [0.1, 0.15) is 54.6 Å². The number of nitriles is 4. The smallest absolute Gasteiger partial charge is 0.175 e. The van der Waals surface area contributed by atoms with Gasteiger partial charge in [-0.3, -0.25) is 0 Å². The van der Waals surface area contributed by atoms with E-state index in [1.807, 2.05) is 12.1 Å². The van der Waals surface area contributed by atoms with Gasteiger partial charge in [-0.1, -0.05) is 19.0 Å². The minimum atomic E-state index is -0.535. The molecule has 4 atom stereocenters. The average molecular weight is 753 g/mol. The van der Waals surface area contributed by atoms with Gasteiger partial charge in [-0.2, -0.15) is 31.2 Å². The molecule has 6 aromatic rings. The molecule has 0 saturated carbocycles. The van der Waals surface area contributed by atoms with Gasteiger partial charge in [0.05, 0.1) is 42.4 Å². The Bertz CT molecular complexity index is 2470. The lowest BCUT2D eigenvalue weighted by Gasteiger charge is -2.26. The fourth-order valence-electron chi connectivity index (χ4n) is 6.12. The number of hydrogen-bond donors (Lipinski definition) is 1. The summed E-state index contributed by atoms with van der Waals surface area (Å²) in [6, 6.07) is 17.6. The lowest BCUT2D eigenvalue weighted by atomic mass is 10.00. The van der Waals surface area contributed by atoms with E-state index in [1.165, 1.54) is 27.5 Å². The van der Waals surface area contributed by atoms with E-state index in [2.05, 4.69) is 37.6 Å². The first-order valence-corrected chi connectivity index (χ1v) is 16.3. The van der Waals surface area contributed by atoms with Crippen LogP contribution in [-0.4, -0.2) is 42.3 Å². The summed E-state index contributed by atoms with van der Waals surface area (Å²) in [5.41, 5.74) is 2.12. The Labute approximate surface area is 311 Å². The lowest BCUT2D eigenvalue weighted by Crippen LogP contribution is -2.25. The van der Waals surface area contributed by atoms with Crippen molar-refractivity contribution in [3.63, 3.8) is 0 Å². The highest BCUT2D eigenvalue weighted by Crippen LogP contribution is 2.39. The van der Waals surface area contributed by atoms with E-state index in [0.717, 1.165) is 30.3 Å². The maximum atomic E-state index is 14.3. The molecule has 0 aliphatic carbocycles. The van der Waals surface area contributed by atoms with Crippen LogP contribution >= 0.6 is 11.6 Å². The minimum Gasteiger partial charge on any atom is -0.348 e. The number of benzene rings is 2.